The maximum atomic E-state index is 4.97. The van der Waals surface area contributed by atoms with E-state index in [1.165, 1.54) is 54.6 Å². The van der Waals surface area contributed by atoms with Gasteiger partial charge >= 0.3 is 0 Å². The van der Waals surface area contributed by atoms with Gasteiger partial charge in [-0.3, -0.25) is 9.98 Å². The Hall–Kier alpha value is -5.60. The fraction of sp³-hybridized carbons (Fsp3) is 0.111. The van der Waals surface area contributed by atoms with E-state index in [-0.39, 0.29) is 5.41 Å². The van der Waals surface area contributed by atoms with Gasteiger partial charge in [0.05, 0.1) is 11.4 Å². The van der Waals surface area contributed by atoms with Crippen molar-refractivity contribution in [1.82, 2.24) is 4.98 Å². The molecule has 0 spiro atoms. The topological polar surface area (TPSA) is 25.2 Å². The molecular formula is C45H38N2. The molecule has 0 bridgehead atoms. The molecule has 0 unspecified atom stereocenters. The summed E-state index contributed by atoms with van der Waals surface area (Å²) in [5.74, 6) is 0. The summed E-state index contributed by atoms with van der Waals surface area (Å²) in [6, 6.07) is 32.9. The second kappa shape index (κ2) is 12.0. The smallest absolute Gasteiger partial charge is 0.0708 e. The van der Waals surface area contributed by atoms with Gasteiger partial charge in [0, 0.05) is 22.7 Å². The van der Waals surface area contributed by atoms with Crippen LogP contribution in [0.3, 0.4) is 0 Å². The Balaban J connectivity index is 1.44. The Labute approximate surface area is 277 Å². The molecule has 1 aliphatic rings. The van der Waals surface area contributed by atoms with Gasteiger partial charge < -0.3 is 0 Å². The number of allylic oxidation sites excluding steroid dienone is 8. The third kappa shape index (κ3) is 4.98. The van der Waals surface area contributed by atoms with E-state index in [9.17, 15) is 0 Å². The first kappa shape index (κ1) is 30.1. The van der Waals surface area contributed by atoms with Crippen LogP contribution in [0.4, 0.5) is 0 Å². The number of nitrogens with zero attached hydrogens (tertiary/aromatic N) is 2. The van der Waals surface area contributed by atoms with Crippen molar-refractivity contribution in [3.8, 4) is 11.3 Å². The third-order valence-corrected chi connectivity index (χ3v) is 9.75. The van der Waals surface area contributed by atoms with E-state index in [1.54, 1.807) is 6.08 Å². The molecule has 0 saturated heterocycles. The zero-order valence-corrected chi connectivity index (χ0v) is 27.5. The standard InChI is InChI=1S/C45H38N2/c1-7-9-13-30(8-2)33-19-27-41(47-28-33)35-23-25-39-44-37(35)21-18-32-17-20-36-34(22-24-38(45(39,4)5)43(36)42(32)44)40(46-6)26-16-29(3)31-14-11-10-12-15-31/h7-28H,1,6H2,2-5H3/b13-9-,29-16+,30-8+,40-26-. The van der Waals surface area contributed by atoms with Gasteiger partial charge in [-0.1, -0.05) is 136 Å². The first-order chi connectivity index (χ1) is 22.9. The van der Waals surface area contributed by atoms with E-state index >= 15 is 0 Å². The summed E-state index contributed by atoms with van der Waals surface area (Å²) in [4.78, 5) is 9.51. The van der Waals surface area contributed by atoms with Gasteiger partial charge in [-0.15, -0.1) is 0 Å². The Morgan fingerprint density at radius 3 is 2.17 bits per heavy atom. The van der Waals surface area contributed by atoms with Crippen LogP contribution in [0.2, 0.25) is 0 Å². The van der Waals surface area contributed by atoms with Crippen molar-refractivity contribution in [3.63, 3.8) is 0 Å². The number of pyridine rings is 1. The Bertz CT molecular complexity index is 2340. The number of rotatable bonds is 8. The van der Waals surface area contributed by atoms with Gasteiger partial charge in [-0.05, 0) is 98.4 Å². The van der Waals surface area contributed by atoms with Crippen molar-refractivity contribution in [3.05, 3.63) is 168 Å². The zero-order valence-electron chi connectivity index (χ0n) is 27.5. The van der Waals surface area contributed by atoms with Crippen molar-refractivity contribution in [2.24, 2.45) is 4.99 Å². The van der Waals surface area contributed by atoms with Gasteiger partial charge in [0.1, 0.15) is 0 Å². The van der Waals surface area contributed by atoms with Crippen molar-refractivity contribution in [2.75, 3.05) is 0 Å². The van der Waals surface area contributed by atoms with Crippen LogP contribution >= 0.6 is 0 Å². The van der Waals surface area contributed by atoms with E-state index < -0.39 is 0 Å². The van der Waals surface area contributed by atoms with Gasteiger partial charge in [-0.25, -0.2) is 0 Å². The molecule has 0 atom stereocenters. The second-order valence-corrected chi connectivity index (χ2v) is 12.7. The van der Waals surface area contributed by atoms with Gasteiger partial charge in [0.15, 0.2) is 0 Å². The highest BCUT2D eigenvalue weighted by Gasteiger charge is 2.33. The molecule has 1 aliphatic carbocycles. The minimum absolute atomic E-state index is 0.193. The maximum absolute atomic E-state index is 4.97. The summed E-state index contributed by atoms with van der Waals surface area (Å²) >= 11 is 0. The molecule has 0 saturated carbocycles. The average Bonchev–Trinajstić information content (AvgIpc) is 3.11. The van der Waals surface area contributed by atoms with Gasteiger partial charge in [0.2, 0.25) is 0 Å². The van der Waals surface area contributed by atoms with Crippen LogP contribution in [0.5, 0.6) is 0 Å². The molecule has 0 amide bonds. The molecule has 228 valence electrons. The molecule has 2 heteroatoms. The molecule has 7 rings (SSSR count). The first-order valence-electron chi connectivity index (χ1n) is 16.2. The highest BCUT2D eigenvalue weighted by molar-refractivity contribution is 6.27. The van der Waals surface area contributed by atoms with Crippen molar-refractivity contribution < 1.29 is 0 Å². The zero-order chi connectivity index (χ0) is 32.7. The van der Waals surface area contributed by atoms with Crippen LogP contribution in [-0.2, 0) is 5.41 Å². The third-order valence-electron chi connectivity index (χ3n) is 9.75. The molecule has 0 N–H and O–H groups in total. The molecule has 6 aromatic rings. The van der Waals surface area contributed by atoms with Crippen molar-refractivity contribution in [2.45, 2.75) is 33.1 Å². The quantitative estimate of drug-likeness (QED) is 0.0961. The first-order valence-corrected chi connectivity index (χ1v) is 16.2. The number of aliphatic imine (C=N–C) groups is 1. The number of hydrogen-bond donors (Lipinski definition) is 0. The summed E-state index contributed by atoms with van der Waals surface area (Å²) in [6.07, 6.45) is 14.1. The molecule has 0 fully saturated rings. The minimum atomic E-state index is -0.193. The van der Waals surface area contributed by atoms with Gasteiger partial charge in [-0.2, -0.15) is 0 Å². The van der Waals surface area contributed by atoms with Crippen LogP contribution in [0.15, 0.2) is 145 Å². The van der Waals surface area contributed by atoms with Crippen LogP contribution < -0.4 is 0 Å². The second-order valence-electron chi connectivity index (χ2n) is 12.7. The van der Waals surface area contributed by atoms with Crippen LogP contribution in [0.25, 0.3) is 60.4 Å². The van der Waals surface area contributed by atoms with Crippen LogP contribution in [-0.4, -0.2) is 11.7 Å². The van der Waals surface area contributed by atoms with E-state index in [4.69, 9.17) is 4.98 Å². The predicted molar refractivity (Wildman–Crippen MR) is 205 cm³/mol. The Morgan fingerprint density at radius 1 is 0.766 bits per heavy atom. The summed E-state index contributed by atoms with van der Waals surface area (Å²) in [5.41, 5.74) is 11.1. The average molecular weight is 607 g/mol. The molecule has 47 heavy (non-hydrogen) atoms. The fourth-order valence-electron chi connectivity index (χ4n) is 7.22. The maximum Gasteiger partial charge on any atom is 0.0708 e. The predicted octanol–water partition coefficient (Wildman–Crippen LogP) is 12.1. The molecular weight excluding hydrogens is 569 g/mol. The molecule has 1 aromatic heterocycles. The molecule has 1 heterocycles. The fourth-order valence-corrected chi connectivity index (χ4v) is 7.22. The SMILES string of the molecule is C=C/C=C\C(=C/C)c1ccc(-c2ccc3c4c2ccc2ccc5c(/C(=C/C=C(\C)c6ccccc6)N=C)ccc(c5c24)C3(C)C)nc1. The Kier molecular flexibility index (Phi) is 7.66. The lowest BCUT2D eigenvalue weighted by Crippen LogP contribution is -2.22. The van der Waals surface area contributed by atoms with Crippen LogP contribution in [0.1, 0.15) is 55.5 Å². The van der Waals surface area contributed by atoms with E-state index in [2.05, 4.69) is 148 Å². The number of aromatic nitrogens is 1. The summed E-state index contributed by atoms with van der Waals surface area (Å²) in [6.45, 7) is 16.7. The largest absolute Gasteiger partial charge is 0.264 e. The lowest BCUT2D eigenvalue weighted by Gasteiger charge is -2.35. The highest BCUT2D eigenvalue weighted by atomic mass is 14.7. The van der Waals surface area contributed by atoms with E-state index in [0.29, 0.717) is 0 Å². The van der Waals surface area contributed by atoms with Crippen molar-refractivity contribution in [1.29, 1.82) is 0 Å². The Morgan fingerprint density at radius 2 is 1.49 bits per heavy atom. The monoisotopic (exact) mass is 606 g/mol. The van der Waals surface area contributed by atoms with Crippen molar-refractivity contribution >= 4 is 55.9 Å². The minimum Gasteiger partial charge on any atom is -0.264 e. The molecule has 0 aliphatic heterocycles. The van der Waals surface area contributed by atoms with E-state index in [1.807, 2.05) is 25.3 Å². The lowest BCUT2D eigenvalue weighted by atomic mass is 9.68. The summed E-state index contributed by atoms with van der Waals surface area (Å²) in [5, 5.41) is 7.58. The number of benzene rings is 5. The number of hydrogen-bond acceptors (Lipinski definition) is 2. The highest BCUT2D eigenvalue weighted by Crippen LogP contribution is 2.51. The molecule has 0 radical (unpaired) electrons. The summed E-state index contributed by atoms with van der Waals surface area (Å²) in [7, 11) is 0. The van der Waals surface area contributed by atoms with E-state index in [0.717, 1.165) is 33.7 Å². The lowest BCUT2D eigenvalue weighted by molar-refractivity contribution is 0.652. The molecule has 2 nitrogen and oxygen atoms in total. The normalized spacial score (nSPS) is 14.6. The van der Waals surface area contributed by atoms with Crippen LogP contribution in [0, 0.1) is 0 Å². The van der Waals surface area contributed by atoms with Gasteiger partial charge in [0.25, 0.3) is 0 Å². The molecule has 5 aromatic carbocycles. The summed E-state index contributed by atoms with van der Waals surface area (Å²) < 4.78 is 0.